The summed E-state index contributed by atoms with van der Waals surface area (Å²) in [5.41, 5.74) is 1.28. The zero-order valence-electron chi connectivity index (χ0n) is 10.5. The average Bonchev–Trinajstić information content (AvgIpc) is 2.30. The Balaban J connectivity index is 2.49. The van der Waals surface area contributed by atoms with Crippen LogP contribution in [-0.2, 0) is 14.3 Å². The Bertz CT molecular complexity index is 523. The van der Waals surface area contributed by atoms with Crippen LogP contribution >= 0.6 is 23.2 Å². The predicted octanol–water partition coefficient (Wildman–Crippen LogP) is 3.44. The van der Waals surface area contributed by atoms with E-state index in [2.05, 4.69) is 5.32 Å². The Kier molecular flexibility index (Phi) is 5.86. The fraction of sp³-hybridized carbons (Fsp3) is 0.231. The lowest BCUT2D eigenvalue weighted by Crippen LogP contribution is -2.20. The number of carbonyl (C=O) groups excluding carboxylic acids is 2. The first-order valence-electron chi connectivity index (χ1n) is 5.45. The molecule has 19 heavy (non-hydrogen) atoms. The zero-order valence-corrected chi connectivity index (χ0v) is 12.0. The van der Waals surface area contributed by atoms with Crippen LogP contribution < -0.4 is 5.32 Å². The van der Waals surface area contributed by atoms with Crippen LogP contribution in [0.1, 0.15) is 13.8 Å². The van der Waals surface area contributed by atoms with Crippen LogP contribution in [0.3, 0.4) is 0 Å². The highest BCUT2D eigenvalue weighted by Gasteiger charge is 2.07. The molecule has 0 aromatic heterocycles. The first kappa shape index (κ1) is 15.5. The summed E-state index contributed by atoms with van der Waals surface area (Å²) in [4.78, 5) is 22.7. The lowest BCUT2D eigenvalue weighted by Gasteiger charge is -2.06. The summed E-state index contributed by atoms with van der Waals surface area (Å²) in [6.07, 6.45) is 1.31. The van der Waals surface area contributed by atoms with Crippen LogP contribution in [0.4, 0.5) is 5.69 Å². The van der Waals surface area contributed by atoms with Crippen LogP contribution in [-0.4, -0.2) is 18.5 Å². The van der Waals surface area contributed by atoms with Crippen molar-refractivity contribution in [1.29, 1.82) is 0 Å². The van der Waals surface area contributed by atoms with Crippen molar-refractivity contribution >= 4 is 40.8 Å². The summed E-state index contributed by atoms with van der Waals surface area (Å²) in [5.74, 6) is -1.00. The van der Waals surface area contributed by atoms with Crippen LogP contribution in [0.2, 0.25) is 10.0 Å². The molecule has 0 saturated heterocycles. The number of nitrogens with one attached hydrogen (secondary N) is 1. The minimum atomic E-state index is -0.552. The van der Waals surface area contributed by atoms with Gasteiger partial charge in [0, 0.05) is 11.8 Å². The second-order valence-corrected chi connectivity index (χ2v) is 4.82. The normalized spacial score (nSPS) is 9.68. The van der Waals surface area contributed by atoms with Gasteiger partial charge in [0.25, 0.3) is 5.91 Å². The van der Waals surface area contributed by atoms with Crippen molar-refractivity contribution < 1.29 is 14.3 Å². The summed E-state index contributed by atoms with van der Waals surface area (Å²) in [6.45, 7) is 3.16. The monoisotopic (exact) mass is 301 g/mol. The number of carbonyl (C=O) groups is 2. The largest absolute Gasteiger partial charge is 0.452 e. The molecule has 102 valence electrons. The topological polar surface area (TPSA) is 55.4 Å². The highest BCUT2D eigenvalue weighted by Crippen LogP contribution is 2.24. The van der Waals surface area contributed by atoms with Gasteiger partial charge in [-0.05, 0) is 32.0 Å². The second kappa shape index (κ2) is 7.16. The third kappa shape index (κ3) is 5.77. The number of allylic oxidation sites excluding steroid dienone is 1. The fourth-order valence-electron chi connectivity index (χ4n) is 1.19. The van der Waals surface area contributed by atoms with Crippen molar-refractivity contribution in [2.75, 3.05) is 11.9 Å². The smallest absolute Gasteiger partial charge is 0.331 e. The standard InChI is InChI=1S/C13H13Cl2NO3/c1-8(2)5-13(18)19-7-12(17)16-9-3-4-10(14)11(15)6-9/h3-6H,7H2,1-2H3,(H,16,17). The minimum Gasteiger partial charge on any atom is -0.452 e. The van der Waals surface area contributed by atoms with Gasteiger partial charge in [0.15, 0.2) is 6.61 Å². The van der Waals surface area contributed by atoms with Gasteiger partial charge in [0.05, 0.1) is 10.0 Å². The van der Waals surface area contributed by atoms with E-state index in [4.69, 9.17) is 27.9 Å². The van der Waals surface area contributed by atoms with E-state index in [1.54, 1.807) is 26.0 Å². The molecule has 1 aromatic carbocycles. The van der Waals surface area contributed by atoms with Crippen LogP contribution in [0, 0.1) is 0 Å². The van der Waals surface area contributed by atoms with E-state index in [9.17, 15) is 9.59 Å². The molecule has 0 bridgehead atoms. The average molecular weight is 302 g/mol. The van der Waals surface area contributed by atoms with E-state index in [0.717, 1.165) is 5.57 Å². The van der Waals surface area contributed by atoms with Crippen LogP contribution in [0.5, 0.6) is 0 Å². The van der Waals surface area contributed by atoms with E-state index >= 15 is 0 Å². The van der Waals surface area contributed by atoms with Gasteiger partial charge in [0.1, 0.15) is 0 Å². The number of ether oxygens (including phenoxy) is 1. The summed E-state index contributed by atoms with van der Waals surface area (Å²) in [7, 11) is 0. The molecular weight excluding hydrogens is 289 g/mol. The number of anilines is 1. The molecule has 0 radical (unpaired) electrons. The second-order valence-electron chi connectivity index (χ2n) is 4.01. The first-order valence-corrected chi connectivity index (χ1v) is 6.20. The molecule has 1 amide bonds. The summed E-state index contributed by atoms with van der Waals surface area (Å²) in [5, 5.41) is 3.27. The Morgan fingerprint density at radius 1 is 1.26 bits per heavy atom. The van der Waals surface area contributed by atoms with Gasteiger partial charge >= 0.3 is 5.97 Å². The maximum absolute atomic E-state index is 11.5. The van der Waals surface area contributed by atoms with Gasteiger partial charge < -0.3 is 10.1 Å². The van der Waals surface area contributed by atoms with Crippen molar-refractivity contribution in [3.63, 3.8) is 0 Å². The lowest BCUT2D eigenvalue weighted by atomic mass is 10.3. The van der Waals surface area contributed by atoms with E-state index < -0.39 is 11.9 Å². The molecule has 0 aliphatic heterocycles. The zero-order chi connectivity index (χ0) is 14.4. The number of amides is 1. The van der Waals surface area contributed by atoms with Gasteiger partial charge in [0.2, 0.25) is 0 Å². The Morgan fingerprint density at radius 2 is 1.95 bits per heavy atom. The summed E-state index contributed by atoms with van der Waals surface area (Å²) < 4.78 is 4.75. The third-order valence-electron chi connectivity index (χ3n) is 1.96. The molecule has 0 fully saturated rings. The third-order valence-corrected chi connectivity index (χ3v) is 2.69. The maximum atomic E-state index is 11.5. The Labute approximate surface area is 121 Å². The van der Waals surface area contributed by atoms with Crippen molar-refractivity contribution in [1.82, 2.24) is 0 Å². The van der Waals surface area contributed by atoms with Crippen molar-refractivity contribution in [3.05, 3.63) is 39.9 Å². The Morgan fingerprint density at radius 3 is 2.53 bits per heavy atom. The van der Waals surface area contributed by atoms with Crippen molar-refractivity contribution in [2.24, 2.45) is 0 Å². The van der Waals surface area contributed by atoms with E-state index in [1.807, 2.05) is 0 Å². The minimum absolute atomic E-state index is 0.334. The number of hydrogen-bond acceptors (Lipinski definition) is 3. The number of benzene rings is 1. The molecule has 0 aliphatic carbocycles. The molecule has 0 spiro atoms. The molecule has 0 atom stereocenters. The fourth-order valence-corrected chi connectivity index (χ4v) is 1.48. The summed E-state index contributed by atoms with van der Waals surface area (Å²) >= 11 is 11.6. The highest BCUT2D eigenvalue weighted by atomic mass is 35.5. The predicted molar refractivity (Wildman–Crippen MR) is 75.5 cm³/mol. The first-order chi connectivity index (χ1) is 8.88. The SMILES string of the molecule is CC(C)=CC(=O)OCC(=O)Nc1ccc(Cl)c(Cl)c1. The van der Waals surface area contributed by atoms with Gasteiger partial charge in [-0.25, -0.2) is 4.79 Å². The van der Waals surface area contributed by atoms with E-state index in [-0.39, 0.29) is 6.61 Å². The van der Waals surface area contributed by atoms with Crippen LogP contribution in [0.25, 0.3) is 0 Å². The molecule has 0 heterocycles. The quantitative estimate of drug-likeness (QED) is 0.684. The van der Waals surface area contributed by atoms with E-state index in [1.165, 1.54) is 12.1 Å². The van der Waals surface area contributed by atoms with Gasteiger partial charge in [-0.1, -0.05) is 28.8 Å². The molecule has 6 heteroatoms. The molecule has 1 N–H and O–H groups in total. The maximum Gasteiger partial charge on any atom is 0.331 e. The van der Waals surface area contributed by atoms with Gasteiger partial charge in [-0.2, -0.15) is 0 Å². The molecule has 0 saturated carbocycles. The molecule has 0 unspecified atom stereocenters. The molecule has 1 rings (SSSR count). The van der Waals surface area contributed by atoms with Crippen LogP contribution in [0.15, 0.2) is 29.8 Å². The molecular formula is C13H13Cl2NO3. The van der Waals surface area contributed by atoms with Gasteiger partial charge in [-0.15, -0.1) is 0 Å². The number of hydrogen-bond donors (Lipinski definition) is 1. The highest BCUT2D eigenvalue weighted by molar-refractivity contribution is 6.42. The molecule has 0 aliphatic rings. The molecule has 4 nitrogen and oxygen atoms in total. The van der Waals surface area contributed by atoms with Crippen molar-refractivity contribution in [3.8, 4) is 0 Å². The number of esters is 1. The summed E-state index contributed by atoms with van der Waals surface area (Å²) in [6, 6.07) is 4.68. The molecule has 1 aromatic rings. The number of rotatable bonds is 4. The van der Waals surface area contributed by atoms with E-state index in [0.29, 0.717) is 15.7 Å². The number of halogens is 2. The van der Waals surface area contributed by atoms with Gasteiger partial charge in [-0.3, -0.25) is 4.79 Å². The lowest BCUT2D eigenvalue weighted by molar-refractivity contribution is -0.142. The Hall–Kier alpha value is -1.52. The van der Waals surface area contributed by atoms with Crippen molar-refractivity contribution in [2.45, 2.75) is 13.8 Å².